The zero-order valence-corrected chi connectivity index (χ0v) is 23.2. The summed E-state index contributed by atoms with van der Waals surface area (Å²) in [5.41, 5.74) is -0.760. The average molecular weight is 515 g/mol. The van der Waals surface area contributed by atoms with Crippen LogP contribution in [0.15, 0.2) is 29.4 Å². The molecule has 1 aromatic heterocycles. The molecule has 0 aromatic carbocycles. The van der Waals surface area contributed by atoms with Crippen LogP contribution in [-0.4, -0.2) is 59.7 Å². The van der Waals surface area contributed by atoms with E-state index in [9.17, 15) is 9.59 Å². The minimum absolute atomic E-state index is 0.0401. The second-order valence-corrected chi connectivity index (χ2v) is 11.9. The predicted octanol–water partition coefficient (Wildman–Crippen LogP) is 5.43. The topological polar surface area (TPSA) is 86.8 Å². The number of hydrogen-bond acceptors (Lipinski definition) is 8. The minimum atomic E-state index is -0.468. The van der Waals surface area contributed by atoms with Crippen LogP contribution in [0.25, 0.3) is 0 Å². The van der Waals surface area contributed by atoms with Crippen molar-refractivity contribution in [2.24, 2.45) is 0 Å². The zero-order valence-electron chi connectivity index (χ0n) is 21.6. The summed E-state index contributed by atoms with van der Waals surface area (Å²) >= 11 is 0. The van der Waals surface area contributed by atoms with Gasteiger partial charge in [0.1, 0.15) is 10.6 Å². The first-order valence-corrected chi connectivity index (χ1v) is 14.3. The Labute approximate surface area is 213 Å². The Kier molecular flexibility index (Phi) is 14.8. The van der Waals surface area contributed by atoms with Crippen molar-refractivity contribution in [3.8, 4) is 0 Å². The molecule has 1 aromatic rings. The van der Waals surface area contributed by atoms with Crippen molar-refractivity contribution >= 4 is 33.5 Å². The van der Waals surface area contributed by atoms with Crippen molar-refractivity contribution in [3.63, 3.8) is 0 Å². The first kappa shape index (κ1) is 30.7. The molecule has 1 heterocycles. The van der Waals surface area contributed by atoms with Crippen LogP contribution in [-0.2, 0) is 23.8 Å². The number of nitrogens with zero attached hydrogens (tertiary/aromatic N) is 1. The third-order valence-electron chi connectivity index (χ3n) is 5.01. The molecule has 34 heavy (non-hydrogen) atoms. The summed E-state index contributed by atoms with van der Waals surface area (Å²) < 4.78 is 16.7. The number of pyridine rings is 1. The second kappa shape index (κ2) is 16.4. The largest absolute Gasteiger partial charge is 0.460 e. The molecule has 194 valence electrons. The number of carbonyl (C=O) groups is 2. The first-order valence-electron chi connectivity index (χ1n) is 12.0. The van der Waals surface area contributed by atoms with Gasteiger partial charge in [-0.3, -0.25) is 9.59 Å². The van der Waals surface area contributed by atoms with Gasteiger partial charge >= 0.3 is 5.97 Å². The molecule has 2 unspecified atom stereocenters. The summed E-state index contributed by atoms with van der Waals surface area (Å²) in [6.07, 6.45) is 4.85. The maximum Gasteiger partial charge on any atom is 0.308 e. The Morgan fingerprint density at radius 3 is 2.53 bits per heavy atom. The molecule has 2 atom stereocenters. The number of nitrogens with one attached hydrogen (secondary N) is 1. The van der Waals surface area contributed by atoms with Gasteiger partial charge in [0.05, 0.1) is 19.1 Å². The van der Waals surface area contributed by atoms with Crippen LogP contribution in [0.1, 0.15) is 73.6 Å². The van der Waals surface area contributed by atoms with E-state index in [2.05, 4.69) is 24.1 Å². The van der Waals surface area contributed by atoms with Crippen LogP contribution in [0, 0.1) is 0 Å². The molecule has 1 amide bonds. The van der Waals surface area contributed by atoms with E-state index in [-0.39, 0.29) is 29.9 Å². The van der Waals surface area contributed by atoms with Gasteiger partial charge in [0.15, 0.2) is 0 Å². The van der Waals surface area contributed by atoms with Gasteiger partial charge in [0.25, 0.3) is 0 Å². The van der Waals surface area contributed by atoms with Gasteiger partial charge in [-0.1, -0.05) is 23.8 Å². The molecule has 0 aliphatic carbocycles. The summed E-state index contributed by atoms with van der Waals surface area (Å²) in [5, 5.41) is 4.13. The molecule has 0 spiro atoms. The Balaban J connectivity index is 2.15. The van der Waals surface area contributed by atoms with Crippen molar-refractivity contribution in [3.05, 3.63) is 24.4 Å². The maximum atomic E-state index is 12.4. The summed E-state index contributed by atoms with van der Waals surface area (Å²) in [7, 11) is 3.22. The van der Waals surface area contributed by atoms with Gasteiger partial charge in [-0.15, -0.1) is 0 Å². The second-order valence-electron chi connectivity index (χ2n) is 9.45. The van der Waals surface area contributed by atoms with Gasteiger partial charge < -0.3 is 19.5 Å². The Bertz CT molecular complexity index is 715. The highest BCUT2D eigenvalue weighted by Gasteiger charge is 2.24. The molecule has 0 fully saturated rings. The van der Waals surface area contributed by atoms with Crippen molar-refractivity contribution in [2.45, 2.75) is 95.9 Å². The van der Waals surface area contributed by atoms with Crippen LogP contribution in [0.3, 0.4) is 0 Å². The summed E-state index contributed by atoms with van der Waals surface area (Å²) in [4.78, 5) is 28.3. The van der Waals surface area contributed by atoms with E-state index >= 15 is 0 Å². The van der Waals surface area contributed by atoms with Gasteiger partial charge in [-0.25, -0.2) is 4.98 Å². The standard InChI is InChI=1S/C25H42N2O5S2/c1-7-25(6,27-21(28)13-19-33-34-22-10-8-9-15-26-22)14-18-31-20(2)11-16-30-17-12-23(29)32-24(3,4)5/h8-10,15,20H,7,11-14,16-19H2,1-6H3,(H,27,28). The summed E-state index contributed by atoms with van der Waals surface area (Å²) in [6.45, 7) is 13.1. The Morgan fingerprint density at radius 2 is 1.88 bits per heavy atom. The van der Waals surface area contributed by atoms with E-state index in [1.807, 2.05) is 45.9 Å². The van der Waals surface area contributed by atoms with Crippen LogP contribution in [0.5, 0.6) is 0 Å². The average Bonchev–Trinajstić information content (AvgIpc) is 2.76. The predicted molar refractivity (Wildman–Crippen MR) is 140 cm³/mol. The number of amides is 1. The van der Waals surface area contributed by atoms with E-state index in [4.69, 9.17) is 14.2 Å². The van der Waals surface area contributed by atoms with Crippen LogP contribution in [0.2, 0.25) is 0 Å². The van der Waals surface area contributed by atoms with E-state index in [1.165, 1.54) is 0 Å². The number of carbonyl (C=O) groups excluding carboxylic acids is 2. The quantitative estimate of drug-likeness (QED) is 0.167. The van der Waals surface area contributed by atoms with Crippen molar-refractivity contribution < 1.29 is 23.8 Å². The summed E-state index contributed by atoms with van der Waals surface area (Å²) in [5.74, 6) is 0.544. The fraction of sp³-hybridized carbons (Fsp3) is 0.720. The Hall–Kier alpha value is -1.29. The highest BCUT2D eigenvalue weighted by molar-refractivity contribution is 8.76. The fourth-order valence-corrected chi connectivity index (χ4v) is 4.70. The molecule has 9 heteroatoms. The lowest BCUT2D eigenvalue weighted by atomic mass is 9.94. The molecule has 0 saturated carbocycles. The molecule has 0 bridgehead atoms. The molecule has 0 radical (unpaired) electrons. The molecule has 1 N–H and O–H groups in total. The fourth-order valence-electron chi connectivity index (χ4n) is 2.83. The van der Waals surface area contributed by atoms with Gasteiger partial charge in [-0.05, 0) is 76.8 Å². The highest BCUT2D eigenvalue weighted by atomic mass is 33.1. The van der Waals surface area contributed by atoms with Crippen LogP contribution < -0.4 is 5.32 Å². The number of hydrogen-bond donors (Lipinski definition) is 1. The lowest BCUT2D eigenvalue weighted by molar-refractivity contribution is -0.156. The molecule has 0 saturated heterocycles. The van der Waals surface area contributed by atoms with Gasteiger partial charge in [0, 0.05) is 37.1 Å². The van der Waals surface area contributed by atoms with Crippen molar-refractivity contribution in [2.75, 3.05) is 25.6 Å². The maximum absolute atomic E-state index is 12.4. The lowest BCUT2D eigenvalue weighted by Gasteiger charge is -2.30. The molecule has 0 aliphatic rings. The monoisotopic (exact) mass is 514 g/mol. The normalized spacial score (nSPS) is 14.3. The molecule has 0 aliphatic heterocycles. The minimum Gasteiger partial charge on any atom is -0.460 e. The molecular weight excluding hydrogens is 472 g/mol. The smallest absolute Gasteiger partial charge is 0.308 e. The van der Waals surface area contributed by atoms with Crippen LogP contribution in [0.4, 0.5) is 0 Å². The number of aromatic nitrogens is 1. The number of esters is 1. The van der Waals surface area contributed by atoms with E-state index in [0.717, 1.165) is 30.0 Å². The van der Waals surface area contributed by atoms with Crippen molar-refractivity contribution in [1.29, 1.82) is 0 Å². The summed E-state index contributed by atoms with van der Waals surface area (Å²) in [6, 6.07) is 5.81. The highest BCUT2D eigenvalue weighted by Crippen LogP contribution is 2.29. The Morgan fingerprint density at radius 1 is 1.12 bits per heavy atom. The zero-order chi connectivity index (χ0) is 25.5. The molecule has 1 rings (SSSR count). The number of rotatable bonds is 17. The number of ether oxygens (including phenoxy) is 3. The SMILES string of the molecule is CCC(C)(CCOC(C)CCOCCC(=O)OC(C)(C)C)NC(=O)CCSSc1ccccn1. The van der Waals surface area contributed by atoms with E-state index in [0.29, 0.717) is 26.2 Å². The van der Waals surface area contributed by atoms with E-state index < -0.39 is 5.60 Å². The third kappa shape index (κ3) is 15.6. The van der Waals surface area contributed by atoms with E-state index in [1.54, 1.807) is 27.8 Å². The molecular formula is C25H42N2O5S2. The van der Waals surface area contributed by atoms with Gasteiger partial charge in [0.2, 0.25) is 5.91 Å². The third-order valence-corrected chi connectivity index (χ3v) is 7.28. The van der Waals surface area contributed by atoms with Crippen molar-refractivity contribution in [1.82, 2.24) is 10.3 Å². The van der Waals surface area contributed by atoms with Crippen LogP contribution >= 0.6 is 21.6 Å². The van der Waals surface area contributed by atoms with Gasteiger partial charge in [-0.2, -0.15) is 0 Å². The lowest BCUT2D eigenvalue weighted by Crippen LogP contribution is -2.46. The molecule has 7 nitrogen and oxygen atoms in total. The first-order chi connectivity index (χ1) is 16.0.